The van der Waals surface area contributed by atoms with Crippen LogP contribution in [0.5, 0.6) is 0 Å². The summed E-state index contributed by atoms with van der Waals surface area (Å²) in [6.07, 6.45) is 1.32. The van der Waals surface area contributed by atoms with E-state index in [1.165, 1.54) is 38.2 Å². The minimum Gasteiger partial charge on any atom is -0.316 e. The van der Waals surface area contributed by atoms with Crippen LogP contribution in [0.4, 0.5) is 0 Å². The molecule has 0 aliphatic carbocycles. The monoisotopic (exact) mass is 284 g/mol. The lowest BCUT2D eigenvalue weighted by Gasteiger charge is -2.34. The average Bonchev–Trinajstić information content (AvgIpc) is 2.81. The molecule has 1 aromatic rings. The van der Waals surface area contributed by atoms with E-state index in [9.17, 15) is 0 Å². The Morgan fingerprint density at radius 1 is 1.17 bits per heavy atom. The third kappa shape index (κ3) is 2.67. The zero-order chi connectivity index (χ0) is 12.5. The molecule has 0 bridgehead atoms. The van der Waals surface area contributed by atoms with Crippen molar-refractivity contribution >= 4 is 23.2 Å². The van der Waals surface area contributed by atoms with E-state index >= 15 is 0 Å². The van der Waals surface area contributed by atoms with E-state index in [4.69, 9.17) is 23.2 Å². The predicted octanol–water partition coefficient (Wildman–Crippen LogP) is 3.03. The Morgan fingerprint density at radius 2 is 2.00 bits per heavy atom. The van der Waals surface area contributed by atoms with Crippen LogP contribution in [0, 0.1) is 11.8 Å². The van der Waals surface area contributed by atoms with Crippen LogP contribution in [0.3, 0.4) is 0 Å². The molecule has 3 rings (SSSR count). The smallest absolute Gasteiger partial charge is 0.0595 e. The largest absolute Gasteiger partial charge is 0.316 e. The van der Waals surface area contributed by atoms with E-state index < -0.39 is 0 Å². The zero-order valence-corrected chi connectivity index (χ0v) is 11.8. The fourth-order valence-electron chi connectivity index (χ4n) is 3.15. The van der Waals surface area contributed by atoms with Crippen LogP contribution >= 0.6 is 23.2 Å². The fourth-order valence-corrected chi connectivity index (χ4v) is 3.47. The predicted molar refractivity (Wildman–Crippen MR) is 76.2 cm³/mol. The molecule has 2 heterocycles. The Bertz CT molecular complexity index is 436. The Hall–Kier alpha value is -0.280. The number of benzene rings is 1. The molecule has 2 aliphatic heterocycles. The molecule has 0 saturated carbocycles. The van der Waals surface area contributed by atoms with Crippen LogP contribution in [0.2, 0.25) is 10.0 Å². The van der Waals surface area contributed by atoms with Gasteiger partial charge in [-0.3, -0.25) is 4.90 Å². The first-order valence-electron chi connectivity index (χ1n) is 6.59. The maximum Gasteiger partial charge on any atom is 0.0595 e. The molecular formula is C14H18Cl2N2. The Morgan fingerprint density at radius 3 is 2.83 bits per heavy atom. The van der Waals surface area contributed by atoms with Crippen LogP contribution in [0.15, 0.2) is 18.2 Å². The molecule has 4 heteroatoms. The van der Waals surface area contributed by atoms with Gasteiger partial charge < -0.3 is 5.32 Å². The van der Waals surface area contributed by atoms with Crippen molar-refractivity contribution in [1.29, 1.82) is 0 Å². The lowest BCUT2D eigenvalue weighted by atomic mass is 9.88. The normalized spacial score (nSPS) is 28.3. The summed E-state index contributed by atoms with van der Waals surface area (Å²) in [7, 11) is 0. The molecule has 2 nitrogen and oxygen atoms in total. The number of nitrogens with one attached hydrogen (secondary N) is 1. The van der Waals surface area contributed by atoms with Gasteiger partial charge >= 0.3 is 0 Å². The van der Waals surface area contributed by atoms with Crippen molar-refractivity contribution in [2.24, 2.45) is 11.8 Å². The maximum atomic E-state index is 6.06. The van der Waals surface area contributed by atoms with Crippen molar-refractivity contribution < 1.29 is 0 Å². The summed E-state index contributed by atoms with van der Waals surface area (Å²) in [5.74, 6) is 1.73. The summed E-state index contributed by atoms with van der Waals surface area (Å²) < 4.78 is 0. The summed E-state index contributed by atoms with van der Waals surface area (Å²) >= 11 is 12.0. The number of hydrogen-bond acceptors (Lipinski definition) is 2. The maximum absolute atomic E-state index is 6.06. The molecule has 0 aromatic heterocycles. The summed E-state index contributed by atoms with van der Waals surface area (Å²) in [5, 5.41) is 4.80. The molecule has 1 aromatic carbocycles. The van der Waals surface area contributed by atoms with Crippen molar-refractivity contribution in [3.05, 3.63) is 33.8 Å². The van der Waals surface area contributed by atoms with Crippen molar-refractivity contribution in [3.8, 4) is 0 Å². The molecule has 98 valence electrons. The molecule has 2 saturated heterocycles. The van der Waals surface area contributed by atoms with Crippen molar-refractivity contribution in [2.75, 3.05) is 26.2 Å². The van der Waals surface area contributed by atoms with Gasteiger partial charge in [0.2, 0.25) is 0 Å². The standard InChI is InChI=1S/C14H18Cl2N2/c15-13-2-1-10(5-14(13)16)8-18-4-3-11-6-17-7-12(11)9-18/h1-2,5,11-12,17H,3-4,6-9H2. The highest BCUT2D eigenvalue weighted by atomic mass is 35.5. The van der Waals surface area contributed by atoms with Gasteiger partial charge in [0.25, 0.3) is 0 Å². The van der Waals surface area contributed by atoms with Gasteiger partial charge in [-0.05, 0) is 55.6 Å². The SMILES string of the molecule is Clc1ccc(CN2CCC3CNCC3C2)cc1Cl. The van der Waals surface area contributed by atoms with Gasteiger partial charge in [-0.1, -0.05) is 29.3 Å². The summed E-state index contributed by atoms with van der Waals surface area (Å²) in [6.45, 7) is 5.79. The number of nitrogens with zero attached hydrogens (tertiary/aromatic N) is 1. The Kier molecular flexibility index (Phi) is 3.81. The van der Waals surface area contributed by atoms with E-state index in [0.717, 1.165) is 18.4 Å². The Balaban J connectivity index is 1.64. The number of piperidine rings is 1. The van der Waals surface area contributed by atoms with Gasteiger partial charge in [0, 0.05) is 13.1 Å². The topological polar surface area (TPSA) is 15.3 Å². The summed E-state index contributed by atoms with van der Waals surface area (Å²) in [6, 6.07) is 5.96. The zero-order valence-electron chi connectivity index (χ0n) is 10.3. The number of hydrogen-bond donors (Lipinski definition) is 1. The van der Waals surface area contributed by atoms with Crippen LogP contribution in [0.1, 0.15) is 12.0 Å². The molecule has 1 N–H and O–H groups in total. The van der Waals surface area contributed by atoms with E-state index in [-0.39, 0.29) is 0 Å². The highest BCUT2D eigenvalue weighted by molar-refractivity contribution is 6.42. The van der Waals surface area contributed by atoms with Crippen molar-refractivity contribution in [3.63, 3.8) is 0 Å². The lowest BCUT2D eigenvalue weighted by molar-refractivity contribution is 0.142. The van der Waals surface area contributed by atoms with Gasteiger partial charge in [0.15, 0.2) is 0 Å². The second-order valence-electron chi connectivity index (χ2n) is 5.45. The van der Waals surface area contributed by atoms with Crippen molar-refractivity contribution in [1.82, 2.24) is 10.2 Å². The molecule has 0 radical (unpaired) electrons. The lowest BCUT2D eigenvalue weighted by Crippen LogP contribution is -2.39. The number of rotatable bonds is 2. The van der Waals surface area contributed by atoms with Gasteiger partial charge in [0.05, 0.1) is 10.0 Å². The second kappa shape index (κ2) is 5.38. The first kappa shape index (κ1) is 12.7. The first-order chi connectivity index (χ1) is 8.72. The van der Waals surface area contributed by atoms with Crippen LogP contribution in [0.25, 0.3) is 0 Å². The number of likely N-dealkylation sites (tertiary alicyclic amines) is 1. The molecule has 0 amide bonds. The highest BCUT2D eigenvalue weighted by Crippen LogP contribution is 2.28. The third-order valence-corrected chi connectivity index (χ3v) is 4.92. The fraction of sp³-hybridized carbons (Fsp3) is 0.571. The van der Waals surface area contributed by atoms with Crippen LogP contribution in [-0.4, -0.2) is 31.1 Å². The summed E-state index contributed by atoms with van der Waals surface area (Å²) in [5.41, 5.74) is 1.26. The first-order valence-corrected chi connectivity index (χ1v) is 7.35. The molecule has 2 fully saturated rings. The highest BCUT2D eigenvalue weighted by Gasteiger charge is 2.32. The van der Waals surface area contributed by atoms with E-state index in [1.54, 1.807) is 0 Å². The van der Waals surface area contributed by atoms with E-state index in [2.05, 4.69) is 16.3 Å². The second-order valence-corrected chi connectivity index (χ2v) is 6.27. The minimum atomic E-state index is 0.638. The van der Waals surface area contributed by atoms with E-state index in [0.29, 0.717) is 10.0 Å². The Labute approximate surface area is 118 Å². The van der Waals surface area contributed by atoms with Crippen molar-refractivity contribution in [2.45, 2.75) is 13.0 Å². The third-order valence-electron chi connectivity index (χ3n) is 4.18. The van der Waals surface area contributed by atoms with E-state index in [1.807, 2.05) is 12.1 Å². The molecule has 18 heavy (non-hydrogen) atoms. The molecule has 0 spiro atoms. The quantitative estimate of drug-likeness (QED) is 0.898. The summed E-state index contributed by atoms with van der Waals surface area (Å²) in [4.78, 5) is 2.54. The molecular weight excluding hydrogens is 267 g/mol. The number of halogens is 2. The van der Waals surface area contributed by atoms with Gasteiger partial charge in [0.1, 0.15) is 0 Å². The minimum absolute atomic E-state index is 0.638. The van der Waals surface area contributed by atoms with Crippen LogP contribution < -0.4 is 5.32 Å². The van der Waals surface area contributed by atoms with Crippen LogP contribution in [-0.2, 0) is 6.54 Å². The van der Waals surface area contributed by atoms with Gasteiger partial charge in [-0.2, -0.15) is 0 Å². The molecule has 2 aliphatic rings. The number of fused-ring (bicyclic) bond motifs is 1. The van der Waals surface area contributed by atoms with Gasteiger partial charge in [-0.25, -0.2) is 0 Å². The molecule has 2 unspecified atom stereocenters. The average molecular weight is 285 g/mol. The van der Waals surface area contributed by atoms with Gasteiger partial charge in [-0.15, -0.1) is 0 Å². The molecule has 2 atom stereocenters.